The van der Waals surface area contributed by atoms with Crippen molar-refractivity contribution in [3.63, 3.8) is 0 Å². The molecule has 1 aromatic heterocycles. The molecular weight excluding hydrogens is 250 g/mol. The van der Waals surface area contributed by atoms with Crippen molar-refractivity contribution in [3.05, 3.63) is 76.2 Å². The molecule has 2 aromatic carbocycles. The molecule has 0 aliphatic heterocycles. The van der Waals surface area contributed by atoms with Gasteiger partial charge in [-0.1, -0.05) is 24.3 Å². The SMILES string of the molecule is COc1ccc(Cc2ccc3c(=O)[nH]ccc3c2)cc1. The summed E-state index contributed by atoms with van der Waals surface area (Å²) in [5.41, 5.74) is 2.36. The Balaban J connectivity index is 1.92. The van der Waals surface area contributed by atoms with Crippen molar-refractivity contribution in [1.82, 2.24) is 4.98 Å². The highest BCUT2D eigenvalue weighted by Crippen LogP contribution is 2.17. The van der Waals surface area contributed by atoms with Crippen LogP contribution in [0.25, 0.3) is 10.8 Å². The van der Waals surface area contributed by atoms with Crippen LogP contribution in [-0.2, 0) is 6.42 Å². The minimum Gasteiger partial charge on any atom is -0.497 e. The van der Waals surface area contributed by atoms with Gasteiger partial charge in [0.25, 0.3) is 5.56 Å². The molecule has 0 saturated carbocycles. The van der Waals surface area contributed by atoms with Crippen LogP contribution >= 0.6 is 0 Å². The first-order valence-electron chi connectivity index (χ1n) is 6.49. The van der Waals surface area contributed by atoms with Crippen molar-refractivity contribution in [1.29, 1.82) is 0 Å². The molecule has 0 aliphatic carbocycles. The largest absolute Gasteiger partial charge is 0.497 e. The molecule has 1 N–H and O–H groups in total. The summed E-state index contributed by atoms with van der Waals surface area (Å²) in [5, 5.41) is 1.70. The summed E-state index contributed by atoms with van der Waals surface area (Å²) in [6.07, 6.45) is 2.52. The molecule has 3 aromatic rings. The summed E-state index contributed by atoms with van der Waals surface area (Å²) in [5.74, 6) is 0.860. The normalized spacial score (nSPS) is 10.7. The van der Waals surface area contributed by atoms with E-state index in [1.165, 1.54) is 11.1 Å². The zero-order chi connectivity index (χ0) is 13.9. The summed E-state index contributed by atoms with van der Waals surface area (Å²) in [6.45, 7) is 0. The van der Waals surface area contributed by atoms with Crippen LogP contribution in [0.1, 0.15) is 11.1 Å². The van der Waals surface area contributed by atoms with Crippen LogP contribution in [-0.4, -0.2) is 12.1 Å². The smallest absolute Gasteiger partial charge is 0.255 e. The molecule has 3 rings (SSSR count). The minimum absolute atomic E-state index is 0.0431. The highest BCUT2D eigenvalue weighted by Gasteiger charge is 2.01. The lowest BCUT2D eigenvalue weighted by Gasteiger charge is -2.05. The fourth-order valence-corrected chi connectivity index (χ4v) is 2.33. The van der Waals surface area contributed by atoms with E-state index in [-0.39, 0.29) is 5.56 Å². The van der Waals surface area contributed by atoms with Crippen LogP contribution < -0.4 is 10.3 Å². The molecule has 3 nitrogen and oxygen atoms in total. The second kappa shape index (κ2) is 5.21. The number of H-pyrrole nitrogens is 1. The third kappa shape index (κ3) is 2.43. The second-order valence-electron chi connectivity index (χ2n) is 4.75. The third-order valence-corrected chi connectivity index (χ3v) is 3.41. The summed E-state index contributed by atoms with van der Waals surface area (Å²) in [7, 11) is 1.66. The fourth-order valence-electron chi connectivity index (χ4n) is 2.33. The van der Waals surface area contributed by atoms with Crippen molar-refractivity contribution in [3.8, 4) is 5.75 Å². The Labute approximate surface area is 116 Å². The molecule has 0 amide bonds. The van der Waals surface area contributed by atoms with E-state index in [4.69, 9.17) is 4.74 Å². The standard InChI is InChI=1S/C17H15NO2/c1-20-15-5-2-12(3-6-15)10-13-4-7-16-14(11-13)8-9-18-17(16)19/h2-9,11H,10H2,1H3,(H,18,19). The topological polar surface area (TPSA) is 42.1 Å². The van der Waals surface area contributed by atoms with Gasteiger partial charge in [0, 0.05) is 11.6 Å². The summed E-state index contributed by atoms with van der Waals surface area (Å²) in [6, 6.07) is 15.9. The fraction of sp³-hybridized carbons (Fsp3) is 0.118. The van der Waals surface area contributed by atoms with E-state index in [1.54, 1.807) is 13.3 Å². The number of pyridine rings is 1. The Morgan fingerprint density at radius 3 is 2.50 bits per heavy atom. The van der Waals surface area contributed by atoms with Gasteiger partial charge in [0.2, 0.25) is 0 Å². The number of benzene rings is 2. The lowest BCUT2D eigenvalue weighted by Crippen LogP contribution is -2.04. The maximum Gasteiger partial charge on any atom is 0.255 e. The van der Waals surface area contributed by atoms with Crippen LogP contribution in [0.15, 0.2) is 59.5 Å². The van der Waals surface area contributed by atoms with E-state index in [0.29, 0.717) is 0 Å². The molecule has 3 heteroatoms. The summed E-state index contributed by atoms with van der Waals surface area (Å²) >= 11 is 0. The Morgan fingerprint density at radius 1 is 1.00 bits per heavy atom. The van der Waals surface area contributed by atoms with Crippen molar-refractivity contribution in [2.24, 2.45) is 0 Å². The maximum absolute atomic E-state index is 11.6. The van der Waals surface area contributed by atoms with Crippen molar-refractivity contribution >= 4 is 10.8 Å². The van der Waals surface area contributed by atoms with Gasteiger partial charge < -0.3 is 9.72 Å². The number of methoxy groups -OCH3 is 1. The predicted molar refractivity (Wildman–Crippen MR) is 80.4 cm³/mol. The maximum atomic E-state index is 11.6. The molecule has 0 radical (unpaired) electrons. The monoisotopic (exact) mass is 265 g/mol. The Hall–Kier alpha value is -2.55. The molecule has 0 atom stereocenters. The number of fused-ring (bicyclic) bond motifs is 1. The highest BCUT2D eigenvalue weighted by atomic mass is 16.5. The minimum atomic E-state index is -0.0431. The van der Waals surface area contributed by atoms with E-state index in [1.807, 2.05) is 30.3 Å². The highest BCUT2D eigenvalue weighted by molar-refractivity contribution is 5.81. The van der Waals surface area contributed by atoms with Gasteiger partial charge >= 0.3 is 0 Å². The van der Waals surface area contributed by atoms with Gasteiger partial charge in [-0.25, -0.2) is 0 Å². The molecule has 0 spiro atoms. The van der Waals surface area contributed by atoms with Crippen molar-refractivity contribution in [2.75, 3.05) is 7.11 Å². The zero-order valence-corrected chi connectivity index (χ0v) is 11.2. The van der Waals surface area contributed by atoms with Gasteiger partial charge in [-0.3, -0.25) is 4.79 Å². The Kier molecular flexibility index (Phi) is 3.25. The second-order valence-corrected chi connectivity index (χ2v) is 4.75. The first-order chi connectivity index (χ1) is 9.76. The molecule has 0 saturated heterocycles. The Morgan fingerprint density at radius 2 is 1.75 bits per heavy atom. The molecule has 100 valence electrons. The van der Waals surface area contributed by atoms with Crippen LogP contribution in [0, 0.1) is 0 Å². The van der Waals surface area contributed by atoms with E-state index >= 15 is 0 Å². The summed E-state index contributed by atoms with van der Waals surface area (Å²) < 4.78 is 5.15. The number of rotatable bonds is 3. The van der Waals surface area contributed by atoms with E-state index in [9.17, 15) is 4.79 Å². The van der Waals surface area contributed by atoms with Crippen LogP contribution in [0.5, 0.6) is 5.75 Å². The van der Waals surface area contributed by atoms with Crippen LogP contribution in [0.2, 0.25) is 0 Å². The molecule has 0 bridgehead atoms. The lowest BCUT2D eigenvalue weighted by atomic mass is 10.0. The van der Waals surface area contributed by atoms with Crippen LogP contribution in [0.4, 0.5) is 0 Å². The third-order valence-electron chi connectivity index (χ3n) is 3.41. The number of aromatic amines is 1. The number of hydrogen-bond acceptors (Lipinski definition) is 2. The number of hydrogen-bond donors (Lipinski definition) is 1. The number of nitrogens with one attached hydrogen (secondary N) is 1. The van der Waals surface area contributed by atoms with Gasteiger partial charge in [-0.2, -0.15) is 0 Å². The van der Waals surface area contributed by atoms with E-state index in [0.717, 1.165) is 22.9 Å². The molecule has 1 heterocycles. The van der Waals surface area contributed by atoms with E-state index in [2.05, 4.69) is 23.2 Å². The molecule has 0 aliphatic rings. The number of ether oxygens (including phenoxy) is 1. The zero-order valence-electron chi connectivity index (χ0n) is 11.2. The van der Waals surface area contributed by atoms with Gasteiger partial charge in [0.1, 0.15) is 5.75 Å². The molecular formula is C17H15NO2. The lowest BCUT2D eigenvalue weighted by molar-refractivity contribution is 0.414. The quantitative estimate of drug-likeness (QED) is 0.790. The van der Waals surface area contributed by atoms with Crippen LogP contribution in [0.3, 0.4) is 0 Å². The van der Waals surface area contributed by atoms with Gasteiger partial charge in [0.15, 0.2) is 0 Å². The first kappa shape index (κ1) is 12.5. The van der Waals surface area contributed by atoms with Gasteiger partial charge in [0.05, 0.1) is 7.11 Å². The van der Waals surface area contributed by atoms with Crippen molar-refractivity contribution in [2.45, 2.75) is 6.42 Å². The predicted octanol–water partition coefficient (Wildman–Crippen LogP) is 3.13. The molecule has 20 heavy (non-hydrogen) atoms. The average Bonchev–Trinajstić information content (AvgIpc) is 2.48. The van der Waals surface area contributed by atoms with Gasteiger partial charge in [-0.15, -0.1) is 0 Å². The molecule has 0 unspecified atom stereocenters. The van der Waals surface area contributed by atoms with E-state index < -0.39 is 0 Å². The Bertz CT molecular complexity index is 788. The first-order valence-corrected chi connectivity index (χ1v) is 6.49. The average molecular weight is 265 g/mol. The van der Waals surface area contributed by atoms with Gasteiger partial charge in [-0.05, 0) is 47.2 Å². The molecule has 0 fully saturated rings. The van der Waals surface area contributed by atoms with Crippen molar-refractivity contribution < 1.29 is 4.74 Å². The summed E-state index contributed by atoms with van der Waals surface area (Å²) in [4.78, 5) is 14.3. The number of aromatic nitrogens is 1.